The third-order valence-electron chi connectivity index (χ3n) is 5.13. The number of carbonyl (C=O) groups is 1. The van der Waals surface area contributed by atoms with E-state index in [4.69, 9.17) is 0 Å². The molecule has 3 heteroatoms. The maximum atomic E-state index is 12.1. The van der Waals surface area contributed by atoms with Crippen LogP contribution in [0, 0.1) is 29.1 Å². The van der Waals surface area contributed by atoms with Crippen LogP contribution < -0.4 is 5.32 Å². The van der Waals surface area contributed by atoms with E-state index in [9.17, 15) is 10.1 Å². The minimum atomic E-state index is -0.644. The summed E-state index contributed by atoms with van der Waals surface area (Å²) in [5, 5.41) is 12.2. The Kier molecular flexibility index (Phi) is 3.94. The van der Waals surface area contributed by atoms with Crippen molar-refractivity contribution in [1.29, 1.82) is 5.26 Å². The van der Waals surface area contributed by atoms with Crippen LogP contribution in [0.4, 0.5) is 0 Å². The van der Waals surface area contributed by atoms with Gasteiger partial charge in [0.05, 0.1) is 6.07 Å². The van der Waals surface area contributed by atoms with Gasteiger partial charge in [0.1, 0.15) is 5.54 Å². The topological polar surface area (TPSA) is 52.9 Å². The minimum Gasteiger partial charge on any atom is -0.338 e. The zero-order chi connectivity index (χ0) is 13.2. The number of nitriles is 1. The Morgan fingerprint density at radius 3 is 2.50 bits per heavy atom. The van der Waals surface area contributed by atoms with Crippen molar-refractivity contribution in [3.63, 3.8) is 0 Å². The minimum absolute atomic E-state index is 0.0813. The van der Waals surface area contributed by atoms with Crippen LogP contribution in [0.15, 0.2) is 0 Å². The van der Waals surface area contributed by atoms with E-state index in [1.807, 2.05) is 13.8 Å². The van der Waals surface area contributed by atoms with E-state index >= 15 is 0 Å². The maximum absolute atomic E-state index is 12.1. The van der Waals surface area contributed by atoms with Crippen molar-refractivity contribution in [1.82, 2.24) is 5.32 Å². The van der Waals surface area contributed by atoms with Gasteiger partial charge in [0, 0.05) is 6.42 Å². The summed E-state index contributed by atoms with van der Waals surface area (Å²) in [5.74, 6) is 2.32. The molecule has 0 heterocycles. The van der Waals surface area contributed by atoms with Crippen LogP contribution >= 0.6 is 0 Å². The molecular formula is C15H24N2O. The highest BCUT2D eigenvalue weighted by molar-refractivity contribution is 5.77. The van der Waals surface area contributed by atoms with Crippen LogP contribution in [0.5, 0.6) is 0 Å². The van der Waals surface area contributed by atoms with Gasteiger partial charge in [-0.1, -0.05) is 20.3 Å². The molecule has 18 heavy (non-hydrogen) atoms. The number of hydrogen-bond acceptors (Lipinski definition) is 2. The predicted octanol–water partition coefficient (Wildman–Crippen LogP) is 3.01. The fraction of sp³-hybridized carbons (Fsp3) is 0.867. The lowest BCUT2D eigenvalue weighted by Crippen LogP contribution is -2.47. The highest BCUT2D eigenvalue weighted by Crippen LogP contribution is 2.49. The Hall–Kier alpha value is -1.04. The summed E-state index contributed by atoms with van der Waals surface area (Å²) in [6, 6.07) is 2.27. The summed E-state index contributed by atoms with van der Waals surface area (Å²) in [5.41, 5.74) is -0.644. The number of carbonyl (C=O) groups excluding carboxylic acids is 1. The number of amides is 1. The summed E-state index contributed by atoms with van der Waals surface area (Å²) in [4.78, 5) is 12.1. The zero-order valence-electron chi connectivity index (χ0n) is 11.5. The van der Waals surface area contributed by atoms with Crippen molar-refractivity contribution in [2.45, 2.75) is 64.3 Å². The van der Waals surface area contributed by atoms with E-state index in [0.29, 0.717) is 25.2 Å². The van der Waals surface area contributed by atoms with Gasteiger partial charge in [-0.15, -0.1) is 0 Å². The molecule has 0 spiro atoms. The van der Waals surface area contributed by atoms with Crippen molar-refractivity contribution >= 4 is 5.91 Å². The van der Waals surface area contributed by atoms with Crippen LogP contribution in [-0.4, -0.2) is 11.4 Å². The number of rotatable bonds is 5. The smallest absolute Gasteiger partial charge is 0.221 e. The van der Waals surface area contributed by atoms with Crippen molar-refractivity contribution in [2.75, 3.05) is 0 Å². The van der Waals surface area contributed by atoms with E-state index in [-0.39, 0.29) is 5.91 Å². The second-order valence-corrected chi connectivity index (χ2v) is 6.09. The average molecular weight is 248 g/mol. The molecule has 0 saturated heterocycles. The first-order chi connectivity index (χ1) is 8.62. The summed E-state index contributed by atoms with van der Waals surface area (Å²) in [6.07, 6.45) is 7.25. The van der Waals surface area contributed by atoms with Gasteiger partial charge < -0.3 is 5.32 Å². The molecule has 3 atom stereocenters. The van der Waals surface area contributed by atoms with E-state index in [1.165, 1.54) is 25.7 Å². The third-order valence-corrected chi connectivity index (χ3v) is 5.13. The first-order valence-electron chi connectivity index (χ1n) is 7.34. The molecule has 2 saturated carbocycles. The highest BCUT2D eigenvalue weighted by Gasteiger charge is 2.40. The standard InChI is InChI=1S/C15H24N2O/c1-3-15(4-2,10-16)17-14(18)9-13-8-11-5-6-12(13)7-11/h11-13H,3-9H2,1-2H3,(H,17,18). The van der Waals surface area contributed by atoms with Crippen LogP contribution in [0.1, 0.15) is 58.8 Å². The molecule has 2 aliphatic carbocycles. The molecule has 1 N–H and O–H groups in total. The van der Waals surface area contributed by atoms with Gasteiger partial charge in [-0.3, -0.25) is 4.79 Å². The van der Waals surface area contributed by atoms with Crippen LogP contribution in [0.2, 0.25) is 0 Å². The van der Waals surface area contributed by atoms with Crippen molar-refractivity contribution < 1.29 is 4.79 Å². The van der Waals surface area contributed by atoms with E-state index in [2.05, 4.69) is 11.4 Å². The van der Waals surface area contributed by atoms with Gasteiger partial charge in [-0.2, -0.15) is 5.26 Å². The molecule has 2 bridgehead atoms. The number of fused-ring (bicyclic) bond motifs is 2. The summed E-state index contributed by atoms with van der Waals surface area (Å²) < 4.78 is 0. The number of hydrogen-bond donors (Lipinski definition) is 1. The SMILES string of the molecule is CCC(C#N)(CC)NC(=O)CC1CC2CCC1C2. The molecule has 2 fully saturated rings. The van der Waals surface area contributed by atoms with Crippen molar-refractivity contribution in [3.8, 4) is 6.07 Å². The van der Waals surface area contributed by atoms with Gasteiger partial charge in [-0.05, 0) is 49.9 Å². The quantitative estimate of drug-likeness (QED) is 0.813. The molecule has 1 amide bonds. The lowest BCUT2D eigenvalue weighted by atomic mass is 9.85. The van der Waals surface area contributed by atoms with E-state index in [1.54, 1.807) is 0 Å². The van der Waals surface area contributed by atoms with Crippen LogP contribution in [-0.2, 0) is 4.79 Å². The monoisotopic (exact) mass is 248 g/mol. The normalized spacial score (nSPS) is 30.2. The summed E-state index contributed by atoms with van der Waals surface area (Å²) >= 11 is 0. The number of nitrogens with one attached hydrogen (secondary N) is 1. The fourth-order valence-electron chi connectivity index (χ4n) is 3.80. The summed E-state index contributed by atoms with van der Waals surface area (Å²) in [7, 11) is 0. The first kappa shape index (κ1) is 13.4. The van der Waals surface area contributed by atoms with Crippen LogP contribution in [0.3, 0.4) is 0 Å². The molecule has 2 rings (SSSR count). The second-order valence-electron chi connectivity index (χ2n) is 6.09. The molecule has 3 unspecified atom stereocenters. The largest absolute Gasteiger partial charge is 0.338 e. The molecule has 0 aromatic carbocycles. The van der Waals surface area contributed by atoms with Gasteiger partial charge in [0.2, 0.25) is 5.91 Å². The van der Waals surface area contributed by atoms with Gasteiger partial charge >= 0.3 is 0 Å². The Labute approximate surface area is 110 Å². The number of nitrogens with zero attached hydrogens (tertiary/aromatic N) is 1. The Morgan fingerprint density at radius 2 is 2.06 bits per heavy atom. The van der Waals surface area contributed by atoms with Crippen LogP contribution in [0.25, 0.3) is 0 Å². The molecule has 0 radical (unpaired) electrons. The molecule has 0 aromatic heterocycles. The Bertz CT molecular complexity index is 354. The maximum Gasteiger partial charge on any atom is 0.221 e. The lowest BCUT2D eigenvalue weighted by Gasteiger charge is -2.27. The second kappa shape index (κ2) is 5.30. The fourth-order valence-corrected chi connectivity index (χ4v) is 3.80. The molecule has 0 aliphatic heterocycles. The average Bonchev–Trinajstić information content (AvgIpc) is 2.98. The molecule has 2 aliphatic rings. The molecule has 100 valence electrons. The van der Waals surface area contributed by atoms with Gasteiger partial charge in [0.15, 0.2) is 0 Å². The third kappa shape index (κ3) is 2.53. The molecule has 0 aromatic rings. The Morgan fingerprint density at radius 1 is 1.33 bits per heavy atom. The van der Waals surface area contributed by atoms with Crippen molar-refractivity contribution in [2.24, 2.45) is 17.8 Å². The predicted molar refractivity (Wildman–Crippen MR) is 70.6 cm³/mol. The summed E-state index contributed by atoms with van der Waals surface area (Å²) in [6.45, 7) is 3.93. The lowest BCUT2D eigenvalue weighted by molar-refractivity contribution is -0.123. The first-order valence-corrected chi connectivity index (χ1v) is 7.34. The Balaban J connectivity index is 1.87. The molecule has 3 nitrogen and oxygen atoms in total. The zero-order valence-corrected chi connectivity index (χ0v) is 11.5. The van der Waals surface area contributed by atoms with E-state index < -0.39 is 5.54 Å². The van der Waals surface area contributed by atoms with Gasteiger partial charge in [-0.25, -0.2) is 0 Å². The van der Waals surface area contributed by atoms with Crippen molar-refractivity contribution in [3.05, 3.63) is 0 Å². The van der Waals surface area contributed by atoms with Gasteiger partial charge in [0.25, 0.3) is 0 Å². The molecular weight excluding hydrogens is 224 g/mol. The highest BCUT2D eigenvalue weighted by atomic mass is 16.1. The van der Waals surface area contributed by atoms with E-state index in [0.717, 1.165) is 11.8 Å².